The third kappa shape index (κ3) is 5.74. The van der Waals surface area contributed by atoms with Crippen LogP contribution in [-0.4, -0.2) is 56.6 Å². The first-order valence-electron chi connectivity index (χ1n) is 6.80. The Balaban J connectivity index is 2.43. The number of hydrogen-bond acceptors (Lipinski definition) is 5. The number of rotatable bonds is 6. The molecule has 118 valence electrons. The molecule has 20 heavy (non-hydrogen) atoms. The van der Waals surface area contributed by atoms with Crippen LogP contribution in [-0.2, 0) is 24.5 Å². The van der Waals surface area contributed by atoms with Crippen LogP contribution in [0.4, 0.5) is 0 Å². The molecule has 1 heterocycles. The zero-order chi connectivity index (χ0) is 15.3. The molecule has 0 radical (unpaired) electrons. The molecule has 0 aromatic rings. The number of nitrogens with one attached hydrogen (secondary N) is 1. The Bertz CT molecular complexity index is 414. The molecule has 0 aliphatic carbocycles. The lowest BCUT2D eigenvalue weighted by Gasteiger charge is -2.34. The van der Waals surface area contributed by atoms with E-state index in [1.54, 1.807) is 13.8 Å². The van der Waals surface area contributed by atoms with E-state index in [2.05, 4.69) is 4.72 Å². The normalized spacial score (nSPS) is 24.9. The average Bonchev–Trinajstić information content (AvgIpc) is 2.26. The van der Waals surface area contributed by atoms with Crippen LogP contribution in [0.25, 0.3) is 0 Å². The minimum atomic E-state index is -3.58. The summed E-state index contributed by atoms with van der Waals surface area (Å²) >= 11 is 0. The lowest BCUT2D eigenvalue weighted by Crippen LogP contribution is -2.52. The monoisotopic (exact) mass is 308 g/mol. The molecule has 0 spiro atoms. The second-order valence-corrected chi connectivity index (χ2v) is 7.02. The van der Waals surface area contributed by atoms with E-state index < -0.39 is 16.2 Å². The fourth-order valence-electron chi connectivity index (χ4n) is 2.02. The molecule has 0 aromatic heterocycles. The maximum atomic E-state index is 12.1. The second-order valence-electron chi connectivity index (χ2n) is 5.26. The van der Waals surface area contributed by atoms with E-state index in [0.717, 1.165) is 0 Å². The topological polar surface area (TPSA) is 84.9 Å². The molecule has 8 heteroatoms. The van der Waals surface area contributed by atoms with Crippen LogP contribution in [0.3, 0.4) is 0 Å². The summed E-state index contributed by atoms with van der Waals surface area (Å²) in [5.74, 6) is -0.411. The van der Waals surface area contributed by atoms with Crippen molar-refractivity contribution in [3.8, 4) is 0 Å². The lowest BCUT2D eigenvalue weighted by molar-refractivity contribution is -0.147. The van der Waals surface area contributed by atoms with Crippen molar-refractivity contribution < 1.29 is 22.7 Å². The van der Waals surface area contributed by atoms with Gasteiger partial charge in [-0.15, -0.1) is 0 Å². The van der Waals surface area contributed by atoms with Crippen LogP contribution in [0.2, 0.25) is 0 Å². The highest BCUT2D eigenvalue weighted by Crippen LogP contribution is 2.13. The first-order valence-corrected chi connectivity index (χ1v) is 8.24. The van der Waals surface area contributed by atoms with E-state index in [9.17, 15) is 13.2 Å². The molecule has 0 amide bonds. The molecule has 0 unspecified atom stereocenters. The van der Waals surface area contributed by atoms with Crippen LogP contribution in [0.5, 0.6) is 0 Å². The molecular weight excluding hydrogens is 284 g/mol. The first-order chi connectivity index (χ1) is 9.20. The minimum absolute atomic E-state index is 0.0207. The van der Waals surface area contributed by atoms with Gasteiger partial charge in [0.1, 0.15) is 0 Å². The van der Waals surface area contributed by atoms with E-state index in [1.807, 2.05) is 13.8 Å². The molecule has 1 saturated heterocycles. The van der Waals surface area contributed by atoms with Gasteiger partial charge in [0.15, 0.2) is 0 Å². The van der Waals surface area contributed by atoms with Crippen molar-refractivity contribution in [1.29, 1.82) is 0 Å². The van der Waals surface area contributed by atoms with Gasteiger partial charge in [0.25, 0.3) is 10.2 Å². The summed E-state index contributed by atoms with van der Waals surface area (Å²) in [5.41, 5.74) is 0. The Hall–Kier alpha value is -0.700. The van der Waals surface area contributed by atoms with E-state index >= 15 is 0 Å². The van der Waals surface area contributed by atoms with Crippen molar-refractivity contribution in [2.24, 2.45) is 0 Å². The van der Waals surface area contributed by atoms with Crippen LogP contribution in [0, 0.1) is 0 Å². The Morgan fingerprint density at radius 2 is 1.90 bits per heavy atom. The van der Waals surface area contributed by atoms with Crippen LogP contribution in [0.1, 0.15) is 34.1 Å². The van der Waals surface area contributed by atoms with Crippen molar-refractivity contribution in [3.63, 3.8) is 0 Å². The average molecular weight is 308 g/mol. The summed E-state index contributed by atoms with van der Waals surface area (Å²) < 4.78 is 38.4. The van der Waals surface area contributed by atoms with Crippen molar-refractivity contribution in [2.45, 2.75) is 52.4 Å². The Kier molecular flexibility index (Phi) is 6.38. The number of carbonyl (C=O) groups is 1. The molecule has 7 nitrogen and oxygen atoms in total. The summed E-state index contributed by atoms with van der Waals surface area (Å²) in [6.45, 7) is 7.83. The number of nitrogens with zero attached hydrogens (tertiary/aromatic N) is 1. The third-order valence-electron chi connectivity index (χ3n) is 2.71. The van der Waals surface area contributed by atoms with Gasteiger partial charge in [-0.1, -0.05) is 0 Å². The van der Waals surface area contributed by atoms with E-state index in [4.69, 9.17) is 9.47 Å². The highest BCUT2D eigenvalue weighted by atomic mass is 32.2. The standard InChI is InChI=1S/C12H24N2O5S/c1-9(2)18-12(15)5-6-13-20(16,17)14-7-10(3)19-11(4)8-14/h9-11,13H,5-8H2,1-4H3/t10-,11-/m1/s1. The minimum Gasteiger partial charge on any atom is -0.463 e. The predicted molar refractivity (Wildman–Crippen MR) is 74.3 cm³/mol. The molecule has 1 rings (SSSR count). The Morgan fingerprint density at radius 1 is 1.35 bits per heavy atom. The van der Waals surface area contributed by atoms with Crippen molar-refractivity contribution in [3.05, 3.63) is 0 Å². The van der Waals surface area contributed by atoms with Gasteiger partial charge >= 0.3 is 5.97 Å². The summed E-state index contributed by atoms with van der Waals surface area (Å²) in [6.07, 6.45) is -0.449. The van der Waals surface area contributed by atoms with Gasteiger partial charge < -0.3 is 9.47 Å². The summed E-state index contributed by atoms with van der Waals surface area (Å²) in [5, 5.41) is 0. The fourth-order valence-corrected chi connectivity index (χ4v) is 3.38. The van der Waals surface area contributed by atoms with Gasteiger partial charge in [0, 0.05) is 19.6 Å². The number of hydrogen-bond donors (Lipinski definition) is 1. The first kappa shape index (κ1) is 17.4. The lowest BCUT2D eigenvalue weighted by atomic mass is 10.3. The van der Waals surface area contributed by atoms with Gasteiger partial charge in [0.05, 0.1) is 24.7 Å². The maximum absolute atomic E-state index is 12.1. The van der Waals surface area contributed by atoms with Crippen LogP contribution in [0.15, 0.2) is 0 Å². The molecule has 1 N–H and O–H groups in total. The largest absolute Gasteiger partial charge is 0.463 e. The Morgan fingerprint density at radius 3 is 2.40 bits per heavy atom. The second kappa shape index (κ2) is 7.35. The van der Waals surface area contributed by atoms with E-state index in [1.165, 1.54) is 4.31 Å². The van der Waals surface area contributed by atoms with Gasteiger partial charge in [-0.3, -0.25) is 4.79 Å². The zero-order valence-electron chi connectivity index (χ0n) is 12.5. The SMILES string of the molecule is CC(C)OC(=O)CCNS(=O)(=O)N1C[C@@H](C)O[C@H](C)C1. The summed E-state index contributed by atoms with van der Waals surface area (Å²) in [4.78, 5) is 11.3. The van der Waals surface area contributed by atoms with Crippen LogP contribution < -0.4 is 4.72 Å². The molecule has 1 fully saturated rings. The summed E-state index contributed by atoms with van der Waals surface area (Å²) in [6, 6.07) is 0. The highest BCUT2D eigenvalue weighted by Gasteiger charge is 2.30. The maximum Gasteiger partial charge on any atom is 0.307 e. The number of esters is 1. The zero-order valence-corrected chi connectivity index (χ0v) is 13.3. The molecule has 0 bridgehead atoms. The molecule has 1 aliphatic heterocycles. The third-order valence-corrected chi connectivity index (χ3v) is 4.25. The fraction of sp³-hybridized carbons (Fsp3) is 0.917. The number of carbonyl (C=O) groups excluding carboxylic acids is 1. The number of morpholine rings is 1. The molecule has 1 aliphatic rings. The molecule has 0 saturated carbocycles. The predicted octanol–water partition coefficient (Wildman–Crippen LogP) is 0.272. The highest BCUT2D eigenvalue weighted by molar-refractivity contribution is 7.87. The van der Waals surface area contributed by atoms with Crippen molar-refractivity contribution in [2.75, 3.05) is 19.6 Å². The van der Waals surface area contributed by atoms with E-state index in [-0.39, 0.29) is 31.3 Å². The van der Waals surface area contributed by atoms with Gasteiger partial charge in [-0.2, -0.15) is 12.7 Å². The van der Waals surface area contributed by atoms with Crippen LogP contribution >= 0.6 is 0 Å². The van der Waals surface area contributed by atoms with Gasteiger partial charge in [-0.05, 0) is 27.7 Å². The smallest absolute Gasteiger partial charge is 0.307 e. The molecular formula is C12H24N2O5S. The molecule has 0 aromatic carbocycles. The Labute approximate surface area is 120 Å². The number of ether oxygens (including phenoxy) is 2. The summed E-state index contributed by atoms with van der Waals surface area (Å²) in [7, 11) is -3.58. The van der Waals surface area contributed by atoms with Crippen molar-refractivity contribution >= 4 is 16.2 Å². The molecule has 2 atom stereocenters. The van der Waals surface area contributed by atoms with Crippen molar-refractivity contribution in [1.82, 2.24) is 9.03 Å². The van der Waals surface area contributed by atoms with E-state index in [0.29, 0.717) is 13.1 Å². The quantitative estimate of drug-likeness (QED) is 0.712. The van der Waals surface area contributed by atoms with Gasteiger partial charge in [0.2, 0.25) is 0 Å². The van der Waals surface area contributed by atoms with Gasteiger partial charge in [-0.25, -0.2) is 4.72 Å².